The van der Waals surface area contributed by atoms with Crippen molar-refractivity contribution in [2.24, 2.45) is 5.73 Å². The molecule has 8 heteroatoms. The first kappa shape index (κ1) is 28.6. The van der Waals surface area contributed by atoms with Gasteiger partial charge in [-0.2, -0.15) is 0 Å². The van der Waals surface area contributed by atoms with Crippen LogP contribution in [-0.2, 0) is 4.79 Å². The van der Waals surface area contributed by atoms with Crippen molar-refractivity contribution in [1.29, 1.82) is 0 Å². The molecule has 1 heterocycles. The lowest BCUT2D eigenvalue weighted by atomic mass is 10.1. The van der Waals surface area contributed by atoms with Crippen molar-refractivity contribution in [2.75, 3.05) is 66.6 Å². The number of rotatable bonds is 4. The number of hydrogen-bond donors (Lipinski definition) is 4. The molecule has 1 saturated heterocycles. The Kier molecular flexibility index (Phi) is 17.0. The molecule has 174 valence electrons. The average Bonchev–Trinajstić information content (AvgIpc) is 2.80. The van der Waals surface area contributed by atoms with Crippen molar-refractivity contribution in [1.82, 2.24) is 15.1 Å². The Morgan fingerprint density at radius 1 is 1.06 bits per heavy atom. The smallest absolute Gasteiger partial charge is 0.236 e. The molecule has 0 saturated carbocycles. The van der Waals surface area contributed by atoms with Crippen LogP contribution in [0.15, 0.2) is 42.5 Å². The van der Waals surface area contributed by atoms with Gasteiger partial charge < -0.3 is 31.1 Å². The third-order valence-corrected chi connectivity index (χ3v) is 4.19. The van der Waals surface area contributed by atoms with Crippen LogP contribution in [0, 0.1) is 0 Å². The van der Waals surface area contributed by atoms with Crippen LogP contribution in [0.25, 0.3) is 10.8 Å². The first-order valence-corrected chi connectivity index (χ1v) is 10.4. The Labute approximate surface area is 185 Å². The zero-order valence-corrected chi connectivity index (χ0v) is 19.0. The van der Waals surface area contributed by atoms with E-state index in [4.69, 9.17) is 15.9 Å². The van der Waals surface area contributed by atoms with Gasteiger partial charge in [0.2, 0.25) is 5.91 Å². The highest BCUT2D eigenvalue weighted by Crippen LogP contribution is 2.14. The fourth-order valence-electron chi connectivity index (χ4n) is 2.60. The second-order valence-electron chi connectivity index (χ2n) is 6.79. The monoisotopic (exact) mass is 434 g/mol. The summed E-state index contributed by atoms with van der Waals surface area (Å²) in [5.41, 5.74) is 5.58. The minimum Gasteiger partial charge on any atom is -0.394 e. The number of fused-ring (bicyclic) bond motifs is 1. The number of likely N-dealkylation sites (N-methyl/N-ethyl adjacent to an activating group) is 2. The number of hydrogen-bond acceptors (Lipinski definition) is 7. The van der Waals surface area contributed by atoms with Gasteiger partial charge in [-0.3, -0.25) is 9.59 Å². The normalized spacial score (nSPS) is 13.0. The van der Waals surface area contributed by atoms with Gasteiger partial charge in [0.1, 0.15) is 6.29 Å². The van der Waals surface area contributed by atoms with Gasteiger partial charge in [0, 0.05) is 31.7 Å². The first-order valence-electron chi connectivity index (χ1n) is 10.4. The van der Waals surface area contributed by atoms with Crippen molar-refractivity contribution in [3.63, 3.8) is 0 Å². The minimum atomic E-state index is -0.125. The number of carbonyl (C=O) groups excluding carboxylic acids is 2. The molecule has 0 unspecified atom stereocenters. The largest absolute Gasteiger partial charge is 0.394 e. The summed E-state index contributed by atoms with van der Waals surface area (Å²) in [4.78, 5) is 26.0. The predicted octanol–water partition coefficient (Wildman–Crippen LogP) is 0.568. The second kappa shape index (κ2) is 18.4. The lowest BCUT2D eigenvalue weighted by Gasteiger charge is -2.32. The van der Waals surface area contributed by atoms with E-state index in [1.807, 2.05) is 54.3 Å². The minimum absolute atomic E-state index is 0.125. The maximum absolute atomic E-state index is 11.3. The SMILES string of the molecule is CCN.CNCC(=O)N1CCN(C)CC1.O=Cc1ccc2ccccc2c1.OCCO. The van der Waals surface area contributed by atoms with Crippen LogP contribution >= 0.6 is 0 Å². The molecule has 0 aliphatic carbocycles. The van der Waals surface area contributed by atoms with Crippen LogP contribution in [0.5, 0.6) is 0 Å². The Morgan fingerprint density at radius 3 is 2.10 bits per heavy atom. The molecule has 3 rings (SSSR count). The number of benzene rings is 2. The maximum Gasteiger partial charge on any atom is 0.236 e. The molecule has 1 aliphatic heterocycles. The van der Waals surface area contributed by atoms with Gasteiger partial charge in [-0.1, -0.05) is 43.3 Å². The van der Waals surface area contributed by atoms with Gasteiger partial charge in [0.05, 0.1) is 19.8 Å². The zero-order valence-electron chi connectivity index (χ0n) is 19.0. The third kappa shape index (κ3) is 12.8. The van der Waals surface area contributed by atoms with Crippen LogP contribution < -0.4 is 11.1 Å². The lowest BCUT2D eigenvalue weighted by Crippen LogP contribution is -2.49. The van der Waals surface area contributed by atoms with E-state index >= 15 is 0 Å². The molecule has 0 atom stereocenters. The maximum atomic E-state index is 11.3. The fourth-order valence-corrected chi connectivity index (χ4v) is 2.60. The molecule has 1 fully saturated rings. The van der Waals surface area contributed by atoms with E-state index < -0.39 is 0 Å². The van der Waals surface area contributed by atoms with Crippen LogP contribution in [0.3, 0.4) is 0 Å². The summed E-state index contributed by atoms with van der Waals surface area (Å²) >= 11 is 0. The van der Waals surface area contributed by atoms with Crippen molar-refractivity contribution in [3.05, 3.63) is 48.0 Å². The van der Waals surface area contributed by atoms with Crippen LogP contribution in [0.1, 0.15) is 17.3 Å². The predicted molar refractivity (Wildman–Crippen MR) is 126 cm³/mol. The molecule has 2 aromatic carbocycles. The van der Waals surface area contributed by atoms with E-state index in [1.165, 1.54) is 5.39 Å². The standard InChI is InChI=1S/C11H8O.C8H17N3O.C2H7N.C2H6O2/c12-8-9-5-6-10-3-1-2-4-11(10)7-9;1-9-7-8(12)11-5-3-10(2)4-6-11;1-2-3;3-1-2-4/h1-8H;9H,3-7H2,1-2H3;2-3H2,1H3;3-4H,1-2H2. The Bertz CT molecular complexity index is 732. The first-order chi connectivity index (χ1) is 15.0. The fraction of sp³-hybridized carbons (Fsp3) is 0.478. The molecule has 5 N–H and O–H groups in total. The summed E-state index contributed by atoms with van der Waals surface area (Å²) in [6.45, 7) is 6.60. The van der Waals surface area contributed by atoms with Crippen LogP contribution in [0.2, 0.25) is 0 Å². The number of piperazine rings is 1. The Hall–Kier alpha value is -2.36. The molecule has 1 amide bonds. The molecule has 1 aliphatic rings. The third-order valence-electron chi connectivity index (χ3n) is 4.19. The van der Waals surface area contributed by atoms with Crippen molar-refractivity contribution < 1.29 is 19.8 Å². The molecular weight excluding hydrogens is 396 g/mol. The Balaban J connectivity index is 0.000000449. The summed E-state index contributed by atoms with van der Waals surface area (Å²) in [6, 6.07) is 13.7. The summed E-state index contributed by atoms with van der Waals surface area (Å²) in [6.07, 6.45) is 0.867. The number of aliphatic hydroxyl groups is 2. The summed E-state index contributed by atoms with van der Waals surface area (Å²) in [5, 5.41) is 20.4. The Morgan fingerprint density at radius 2 is 1.61 bits per heavy atom. The number of aldehydes is 1. The summed E-state index contributed by atoms with van der Waals surface area (Å²) < 4.78 is 0. The number of nitrogens with one attached hydrogen (secondary N) is 1. The number of nitrogens with zero attached hydrogens (tertiary/aromatic N) is 2. The quantitative estimate of drug-likeness (QED) is 0.520. The van der Waals surface area contributed by atoms with Gasteiger partial charge in [-0.25, -0.2) is 0 Å². The van der Waals surface area contributed by atoms with Crippen molar-refractivity contribution in [2.45, 2.75) is 6.92 Å². The molecule has 8 nitrogen and oxygen atoms in total. The molecule has 31 heavy (non-hydrogen) atoms. The number of nitrogens with two attached hydrogens (primary N) is 1. The van der Waals surface area contributed by atoms with E-state index in [-0.39, 0.29) is 19.1 Å². The zero-order chi connectivity index (χ0) is 23.5. The molecule has 0 spiro atoms. The van der Waals surface area contributed by atoms with E-state index in [2.05, 4.69) is 17.3 Å². The van der Waals surface area contributed by atoms with E-state index in [9.17, 15) is 9.59 Å². The van der Waals surface area contributed by atoms with Gasteiger partial charge in [0.25, 0.3) is 0 Å². The van der Waals surface area contributed by atoms with Crippen molar-refractivity contribution >= 4 is 23.0 Å². The highest BCUT2D eigenvalue weighted by Gasteiger charge is 2.17. The van der Waals surface area contributed by atoms with Crippen LogP contribution in [-0.4, -0.2) is 98.8 Å². The number of carbonyl (C=O) groups is 2. The van der Waals surface area contributed by atoms with Gasteiger partial charge in [-0.15, -0.1) is 0 Å². The summed E-state index contributed by atoms with van der Waals surface area (Å²) in [5.74, 6) is 0.214. The van der Waals surface area contributed by atoms with Gasteiger partial charge in [-0.05, 0) is 37.5 Å². The van der Waals surface area contributed by atoms with Crippen molar-refractivity contribution in [3.8, 4) is 0 Å². The van der Waals surface area contributed by atoms with E-state index in [0.717, 1.165) is 50.0 Å². The number of aliphatic hydroxyl groups excluding tert-OH is 2. The highest BCUT2D eigenvalue weighted by atomic mass is 16.3. The highest BCUT2D eigenvalue weighted by molar-refractivity contribution is 5.88. The van der Waals surface area contributed by atoms with E-state index in [0.29, 0.717) is 6.54 Å². The molecule has 2 aromatic rings. The van der Waals surface area contributed by atoms with Gasteiger partial charge >= 0.3 is 0 Å². The van der Waals surface area contributed by atoms with Crippen LogP contribution in [0.4, 0.5) is 0 Å². The molecular formula is C23H38N4O4. The molecule has 0 aromatic heterocycles. The average molecular weight is 435 g/mol. The lowest BCUT2D eigenvalue weighted by molar-refractivity contribution is -0.131. The van der Waals surface area contributed by atoms with Gasteiger partial charge in [0.15, 0.2) is 0 Å². The summed E-state index contributed by atoms with van der Waals surface area (Å²) in [7, 11) is 3.88. The molecule has 0 radical (unpaired) electrons. The molecule has 0 bridgehead atoms. The van der Waals surface area contributed by atoms with E-state index in [1.54, 1.807) is 7.05 Å². The second-order valence-corrected chi connectivity index (χ2v) is 6.79. The number of amides is 1. The topological polar surface area (TPSA) is 119 Å².